The Morgan fingerprint density at radius 1 is 1.07 bits per heavy atom. The van der Waals surface area contributed by atoms with Gasteiger partial charge in [-0.1, -0.05) is 29.3 Å². The quantitative estimate of drug-likeness (QED) is 0.470. The molecule has 3 aromatic rings. The van der Waals surface area contributed by atoms with Crippen molar-refractivity contribution in [2.45, 2.75) is 5.75 Å². The van der Waals surface area contributed by atoms with E-state index in [2.05, 4.69) is 0 Å². The molecule has 0 spiro atoms. The summed E-state index contributed by atoms with van der Waals surface area (Å²) in [4.78, 5) is 28.5. The van der Waals surface area contributed by atoms with Crippen LogP contribution in [0.4, 0.5) is 5.69 Å². The molecule has 1 aromatic carbocycles. The molecule has 4 rings (SSSR count). The molecule has 8 heteroatoms. The molecule has 3 heterocycles. The van der Waals surface area contributed by atoms with Crippen molar-refractivity contribution in [2.24, 2.45) is 0 Å². The summed E-state index contributed by atoms with van der Waals surface area (Å²) < 4.78 is 5.34. The summed E-state index contributed by atoms with van der Waals surface area (Å²) >= 11 is 15.0. The Labute approximate surface area is 173 Å². The number of nitrogens with zero attached hydrogens (tertiary/aromatic N) is 1. The highest BCUT2D eigenvalue weighted by Crippen LogP contribution is 2.42. The molecule has 0 fully saturated rings. The maximum atomic E-state index is 13.2. The van der Waals surface area contributed by atoms with Gasteiger partial charge in [0.15, 0.2) is 0 Å². The zero-order chi connectivity index (χ0) is 19.0. The van der Waals surface area contributed by atoms with Crippen molar-refractivity contribution in [3.05, 3.63) is 79.7 Å². The predicted octanol–water partition coefficient (Wildman–Crippen LogP) is 5.87. The molecule has 0 saturated carbocycles. The van der Waals surface area contributed by atoms with Gasteiger partial charge in [0.1, 0.15) is 5.76 Å². The molecule has 0 aliphatic carbocycles. The molecule has 0 unspecified atom stereocenters. The molecule has 2 aromatic heterocycles. The number of benzene rings is 1. The van der Waals surface area contributed by atoms with Crippen molar-refractivity contribution >= 4 is 69.4 Å². The third-order valence-electron chi connectivity index (χ3n) is 3.90. The van der Waals surface area contributed by atoms with Crippen LogP contribution in [-0.4, -0.2) is 11.8 Å². The Hall–Kier alpha value is -1.99. The van der Waals surface area contributed by atoms with Crippen LogP contribution in [0, 0.1) is 0 Å². The number of anilines is 1. The van der Waals surface area contributed by atoms with E-state index in [4.69, 9.17) is 27.6 Å². The Balaban J connectivity index is 1.76. The van der Waals surface area contributed by atoms with Crippen molar-refractivity contribution < 1.29 is 14.0 Å². The van der Waals surface area contributed by atoms with Gasteiger partial charge in [-0.3, -0.25) is 9.59 Å². The predicted molar refractivity (Wildman–Crippen MR) is 110 cm³/mol. The zero-order valence-corrected chi connectivity index (χ0v) is 16.8. The number of hydrogen-bond donors (Lipinski definition) is 0. The molecular formula is C19H11Cl2NO3S2. The van der Waals surface area contributed by atoms with Crippen LogP contribution < -0.4 is 4.90 Å². The minimum atomic E-state index is -0.413. The van der Waals surface area contributed by atoms with Gasteiger partial charge in [0.2, 0.25) is 0 Å². The van der Waals surface area contributed by atoms with Crippen molar-refractivity contribution in [1.82, 2.24) is 0 Å². The lowest BCUT2D eigenvalue weighted by Crippen LogP contribution is -2.31. The van der Waals surface area contributed by atoms with Gasteiger partial charge >= 0.3 is 0 Å². The normalized spacial score (nSPS) is 14.5. The molecule has 0 atom stereocenters. The molecule has 0 radical (unpaired) electrons. The Morgan fingerprint density at radius 3 is 2.63 bits per heavy atom. The largest absolute Gasteiger partial charge is 0.468 e. The highest BCUT2D eigenvalue weighted by Gasteiger charge is 2.41. The second-order valence-corrected chi connectivity index (χ2v) is 8.37. The number of halogens is 2. The fourth-order valence-corrected chi connectivity index (χ4v) is 4.90. The van der Waals surface area contributed by atoms with Crippen LogP contribution in [0.1, 0.15) is 10.6 Å². The molecular weight excluding hydrogens is 425 g/mol. The lowest BCUT2D eigenvalue weighted by Gasteiger charge is -2.16. The SMILES string of the molecule is O=C1C(SCc2ccco2)=C(c2cccs2)C(=O)N1c1cc(Cl)ccc1Cl. The van der Waals surface area contributed by atoms with Crippen molar-refractivity contribution in [2.75, 3.05) is 4.90 Å². The third kappa shape index (κ3) is 3.46. The van der Waals surface area contributed by atoms with E-state index in [-0.39, 0.29) is 10.7 Å². The zero-order valence-electron chi connectivity index (χ0n) is 13.6. The number of thiophene rings is 1. The van der Waals surface area contributed by atoms with Crippen LogP contribution in [0.5, 0.6) is 0 Å². The number of furan rings is 1. The van der Waals surface area contributed by atoms with Crippen LogP contribution in [0.25, 0.3) is 5.57 Å². The number of amides is 2. The summed E-state index contributed by atoms with van der Waals surface area (Å²) in [5.74, 6) is 0.336. The first-order valence-electron chi connectivity index (χ1n) is 7.83. The summed E-state index contributed by atoms with van der Waals surface area (Å²) in [5, 5.41) is 2.54. The van der Waals surface area contributed by atoms with Crippen molar-refractivity contribution in [3.8, 4) is 0 Å². The molecule has 136 valence electrons. The first-order valence-corrected chi connectivity index (χ1v) is 10.5. The van der Waals surface area contributed by atoms with Gasteiger partial charge in [-0.05, 0) is 41.8 Å². The molecule has 1 aliphatic heterocycles. The van der Waals surface area contributed by atoms with Gasteiger partial charge in [0, 0.05) is 9.90 Å². The van der Waals surface area contributed by atoms with Gasteiger partial charge in [-0.25, -0.2) is 4.90 Å². The van der Waals surface area contributed by atoms with Crippen LogP contribution in [0.2, 0.25) is 10.0 Å². The fourth-order valence-electron chi connectivity index (χ4n) is 2.70. The molecule has 0 bridgehead atoms. The van der Waals surface area contributed by atoms with Crippen molar-refractivity contribution in [1.29, 1.82) is 0 Å². The lowest BCUT2D eigenvalue weighted by molar-refractivity contribution is -0.119. The molecule has 27 heavy (non-hydrogen) atoms. The van der Waals surface area contributed by atoms with Crippen LogP contribution in [0.15, 0.2) is 63.4 Å². The van der Waals surface area contributed by atoms with E-state index in [0.29, 0.717) is 21.3 Å². The van der Waals surface area contributed by atoms with Gasteiger partial charge in [-0.15, -0.1) is 23.1 Å². The molecule has 1 aliphatic rings. The maximum Gasteiger partial charge on any atom is 0.272 e. The first-order chi connectivity index (χ1) is 13.1. The minimum Gasteiger partial charge on any atom is -0.468 e. The summed E-state index contributed by atoms with van der Waals surface area (Å²) in [7, 11) is 0. The van der Waals surface area contributed by atoms with Crippen LogP contribution in [-0.2, 0) is 15.3 Å². The van der Waals surface area contributed by atoms with E-state index in [1.807, 2.05) is 23.6 Å². The van der Waals surface area contributed by atoms with Crippen molar-refractivity contribution in [3.63, 3.8) is 0 Å². The van der Waals surface area contributed by atoms with E-state index >= 15 is 0 Å². The monoisotopic (exact) mass is 435 g/mol. The van der Waals surface area contributed by atoms with E-state index in [9.17, 15) is 9.59 Å². The maximum absolute atomic E-state index is 13.2. The van der Waals surface area contributed by atoms with Gasteiger partial charge in [0.25, 0.3) is 11.8 Å². The highest BCUT2D eigenvalue weighted by molar-refractivity contribution is 8.03. The Kier molecular flexibility index (Phi) is 5.14. The summed E-state index contributed by atoms with van der Waals surface area (Å²) in [6.45, 7) is 0. The topological polar surface area (TPSA) is 50.5 Å². The number of rotatable bonds is 5. The van der Waals surface area contributed by atoms with E-state index in [1.165, 1.54) is 29.2 Å². The van der Waals surface area contributed by atoms with Gasteiger partial charge in [0.05, 0.1) is 33.2 Å². The number of hydrogen-bond acceptors (Lipinski definition) is 5. The average Bonchev–Trinajstić information content (AvgIpc) is 3.38. The number of carbonyl (C=O) groups is 2. The summed E-state index contributed by atoms with van der Waals surface area (Å²) in [5.41, 5.74) is 0.657. The number of imide groups is 1. The second kappa shape index (κ2) is 7.56. The standard InChI is InChI=1S/C19H11Cl2NO3S2/c20-11-5-6-13(21)14(9-11)22-18(23)16(15-4-2-8-26-15)17(19(22)24)27-10-12-3-1-7-25-12/h1-9H,10H2. The Morgan fingerprint density at radius 2 is 1.93 bits per heavy atom. The number of thioether (sulfide) groups is 1. The third-order valence-corrected chi connectivity index (χ3v) is 6.44. The van der Waals surface area contributed by atoms with Gasteiger partial charge in [-0.2, -0.15) is 0 Å². The Bertz CT molecular complexity index is 1040. The number of carbonyl (C=O) groups excluding carboxylic acids is 2. The summed E-state index contributed by atoms with van der Waals surface area (Å²) in [6.07, 6.45) is 1.57. The van der Waals surface area contributed by atoms with Crippen LogP contribution in [0.3, 0.4) is 0 Å². The highest BCUT2D eigenvalue weighted by atomic mass is 35.5. The second-order valence-electron chi connectivity index (χ2n) is 5.59. The average molecular weight is 436 g/mol. The molecule has 2 amide bonds. The minimum absolute atomic E-state index is 0.279. The molecule has 0 N–H and O–H groups in total. The lowest BCUT2D eigenvalue weighted by atomic mass is 10.2. The fraction of sp³-hybridized carbons (Fsp3) is 0.0526. The van der Waals surface area contributed by atoms with E-state index in [1.54, 1.807) is 24.5 Å². The first kappa shape index (κ1) is 18.4. The van der Waals surface area contributed by atoms with Gasteiger partial charge < -0.3 is 4.42 Å². The van der Waals surface area contributed by atoms with E-state index in [0.717, 1.165) is 15.5 Å². The van der Waals surface area contributed by atoms with Crippen LogP contribution >= 0.6 is 46.3 Å². The molecule has 0 saturated heterocycles. The smallest absolute Gasteiger partial charge is 0.272 e. The summed E-state index contributed by atoms with van der Waals surface area (Å²) in [6, 6.07) is 12.0. The van der Waals surface area contributed by atoms with E-state index < -0.39 is 11.8 Å². The molecule has 4 nitrogen and oxygen atoms in total.